The van der Waals surface area contributed by atoms with Gasteiger partial charge >= 0.3 is 5.97 Å². The first-order valence-electron chi connectivity index (χ1n) is 13.1. The minimum absolute atomic E-state index is 0.0761. The van der Waals surface area contributed by atoms with Crippen LogP contribution in [0.2, 0.25) is 5.02 Å². The van der Waals surface area contributed by atoms with Crippen LogP contribution in [0, 0.1) is 5.41 Å². The quantitative estimate of drug-likeness (QED) is 0.146. The standard InChI is InChI=1S/C32H29ClN2O6S/c1-32(2,31(37)40-3)18-28-29(30(36)21-9-12-22(33)13-10-21)25-16-15-24(17-27(25)35(28)42(4,38)39)41-19-23-14-11-20-7-5-6-8-26(20)34-23/h5-17H,18-19H2,1-4H3. The first-order valence-corrected chi connectivity index (χ1v) is 15.4. The van der Waals surface area contributed by atoms with Crippen LogP contribution in [-0.2, 0) is 32.6 Å². The van der Waals surface area contributed by atoms with Crippen LogP contribution in [-0.4, -0.2) is 42.5 Å². The van der Waals surface area contributed by atoms with Crippen LogP contribution in [0.3, 0.4) is 0 Å². The number of fused-ring (bicyclic) bond motifs is 2. The van der Waals surface area contributed by atoms with E-state index in [4.69, 9.17) is 21.1 Å². The van der Waals surface area contributed by atoms with Gasteiger partial charge in [0.2, 0.25) is 10.0 Å². The Morgan fingerprint density at radius 1 is 0.976 bits per heavy atom. The third-order valence-corrected chi connectivity index (χ3v) is 8.38. The second kappa shape index (κ2) is 11.2. The molecule has 42 heavy (non-hydrogen) atoms. The molecule has 0 saturated heterocycles. The number of ether oxygens (including phenoxy) is 2. The van der Waals surface area contributed by atoms with Crippen molar-refractivity contribution in [3.8, 4) is 5.75 Å². The van der Waals surface area contributed by atoms with Gasteiger partial charge in [-0.25, -0.2) is 17.4 Å². The van der Waals surface area contributed by atoms with Crippen molar-refractivity contribution >= 4 is 55.2 Å². The van der Waals surface area contributed by atoms with Crippen LogP contribution in [0.1, 0.15) is 41.2 Å². The fourth-order valence-electron chi connectivity index (χ4n) is 5.03. The zero-order valence-electron chi connectivity index (χ0n) is 23.5. The highest BCUT2D eigenvalue weighted by molar-refractivity contribution is 7.89. The van der Waals surface area contributed by atoms with Crippen LogP contribution < -0.4 is 4.74 Å². The molecule has 5 aromatic rings. The Morgan fingerprint density at radius 2 is 1.69 bits per heavy atom. The van der Waals surface area contributed by atoms with Gasteiger partial charge in [-0.3, -0.25) is 9.59 Å². The maximum Gasteiger partial charge on any atom is 0.311 e. The summed E-state index contributed by atoms with van der Waals surface area (Å²) in [7, 11) is -2.68. The van der Waals surface area contributed by atoms with Crippen molar-refractivity contribution in [3.05, 3.63) is 106 Å². The van der Waals surface area contributed by atoms with Gasteiger partial charge in [0.05, 0.1) is 41.1 Å². The molecule has 5 rings (SSSR count). The molecule has 216 valence electrons. The predicted octanol–water partition coefficient (Wildman–Crippen LogP) is 6.20. The zero-order chi connectivity index (χ0) is 30.2. The predicted molar refractivity (Wildman–Crippen MR) is 163 cm³/mol. The van der Waals surface area contributed by atoms with Gasteiger partial charge in [0.1, 0.15) is 12.4 Å². The highest BCUT2D eigenvalue weighted by Gasteiger charge is 2.36. The molecule has 0 fully saturated rings. The summed E-state index contributed by atoms with van der Waals surface area (Å²) in [4.78, 5) is 31.2. The van der Waals surface area contributed by atoms with Crippen molar-refractivity contribution in [1.29, 1.82) is 0 Å². The Bertz CT molecular complexity index is 1950. The molecule has 0 radical (unpaired) electrons. The lowest BCUT2D eigenvalue weighted by Crippen LogP contribution is -2.30. The van der Waals surface area contributed by atoms with Crippen molar-refractivity contribution in [2.45, 2.75) is 26.9 Å². The first-order chi connectivity index (χ1) is 19.9. The van der Waals surface area contributed by atoms with Crippen LogP contribution in [0.25, 0.3) is 21.8 Å². The van der Waals surface area contributed by atoms with E-state index < -0.39 is 27.2 Å². The van der Waals surface area contributed by atoms with Gasteiger partial charge in [0.25, 0.3) is 0 Å². The van der Waals surface area contributed by atoms with Gasteiger partial charge in [-0.05, 0) is 62.4 Å². The van der Waals surface area contributed by atoms with Gasteiger partial charge in [-0.1, -0.05) is 35.9 Å². The van der Waals surface area contributed by atoms with Crippen molar-refractivity contribution in [1.82, 2.24) is 8.96 Å². The number of methoxy groups -OCH3 is 1. The van der Waals surface area contributed by atoms with E-state index in [1.165, 1.54) is 7.11 Å². The summed E-state index contributed by atoms with van der Waals surface area (Å²) in [6.45, 7) is 3.43. The van der Waals surface area contributed by atoms with Gasteiger partial charge < -0.3 is 9.47 Å². The Kier molecular flexibility index (Phi) is 7.83. The minimum atomic E-state index is -3.95. The number of nitrogens with zero attached hydrogens (tertiary/aromatic N) is 2. The molecule has 3 aromatic carbocycles. The number of carbonyl (C=O) groups excluding carboxylic acids is 2. The Labute approximate surface area is 248 Å². The van der Waals surface area contributed by atoms with E-state index in [1.54, 1.807) is 56.3 Å². The number of para-hydroxylation sites is 1. The molecule has 0 saturated carbocycles. The molecule has 0 amide bonds. The highest BCUT2D eigenvalue weighted by Crippen LogP contribution is 2.36. The van der Waals surface area contributed by atoms with Gasteiger partial charge in [0.15, 0.2) is 5.78 Å². The highest BCUT2D eigenvalue weighted by atomic mass is 35.5. The van der Waals surface area contributed by atoms with Crippen molar-refractivity contribution in [2.75, 3.05) is 13.4 Å². The normalized spacial score (nSPS) is 12.0. The summed E-state index contributed by atoms with van der Waals surface area (Å²) in [6, 6.07) is 22.9. The number of ketones is 1. The minimum Gasteiger partial charge on any atom is -0.487 e. The second-order valence-corrected chi connectivity index (χ2v) is 13.0. The largest absolute Gasteiger partial charge is 0.487 e. The summed E-state index contributed by atoms with van der Waals surface area (Å²) in [5, 5.41) is 1.88. The van der Waals surface area contributed by atoms with Crippen LogP contribution in [0.15, 0.2) is 78.9 Å². The third-order valence-electron chi connectivity index (χ3n) is 7.05. The van der Waals surface area contributed by atoms with Crippen molar-refractivity contribution in [3.63, 3.8) is 0 Å². The second-order valence-electron chi connectivity index (χ2n) is 10.7. The Balaban J connectivity index is 1.64. The van der Waals surface area contributed by atoms with Crippen LogP contribution >= 0.6 is 11.6 Å². The molecule has 0 aliphatic heterocycles. The first kappa shape index (κ1) is 29.3. The van der Waals surface area contributed by atoms with Crippen LogP contribution in [0.5, 0.6) is 5.75 Å². The molecule has 10 heteroatoms. The lowest BCUT2D eigenvalue weighted by Gasteiger charge is -2.23. The average Bonchev–Trinajstić information content (AvgIpc) is 3.28. The van der Waals surface area contributed by atoms with Gasteiger partial charge in [0, 0.05) is 39.5 Å². The Morgan fingerprint density at radius 3 is 2.38 bits per heavy atom. The molecule has 2 aromatic heterocycles. The third kappa shape index (κ3) is 5.75. The zero-order valence-corrected chi connectivity index (χ0v) is 25.1. The van der Waals surface area contributed by atoms with Crippen LogP contribution in [0.4, 0.5) is 0 Å². The molecule has 0 spiro atoms. The van der Waals surface area contributed by atoms with E-state index in [-0.39, 0.29) is 29.8 Å². The van der Waals surface area contributed by atoms with E-state index in [1.807, 2.05) is 36.4 Å². The monoisotopic (exact) mass is 604 g/mol. The maximum atomic E-state index is 14.0. The molecule has 0 unspecified atom stereocenters. The van der Waals surface area contributed by atoms with E-state index in [9.17, 15) is 18.0 Å². The SMILES string of the molecule is COC(=O)C(C)(C)Cc1c(C(=O)c2ccc(Cl)cc2)c2ccc(OCc3ccc4ccccc4n3)cc2n1S(C)(=O)=O. The van der Waals surface area contributed by atoms with Gasteiger partial charge in [-0.2, -0.15) is 0 Å². The number of carbonyl (C=O) groups is 2. The fraction of sp³-hybridized carbons (Fsp3) is 0.219. The summed E-state index contributed by atoms with van der Waals surface area (Å²) in [5.74, 6) is -0.544. The molecule has 2 heterocycles. The number of hydrogen-bond donors (Lipinski definition) is 0. The van der Waals surface area contributed by atoms with E-state index in [2.05, 4.69) is 4.98 Å². The van der Waals surface area contributed by atoms with Crippen molar-refractivity contribution < 1.29 is 27.5 Å². The molecule has 8 nitrogen and oxygen atoms in total. The Hall–Kier alpha value is -4.21. The van der Waals surface area contributed by atoms with Gasteiger partial charge in [-0.15, -0.1) is 0 Å². The van der Waals surface area contributed by atoms with E-state index in [0.29, 0.717) is 27.4 Å². The van der Waals surface area contributed by atoms with E-state index >= 15 is 0 Å². The summed E-state index contributed by atoms with van der Waals surface area (Å²) >= 11 is 6.05. The number of esters is 1. The fourth-order valence-corrected chi connectivity index (χ4v) is 6.22. The topological polar surface area (TPSA) is 105 Å². The van der Waals surface area contributed by atoms with Crippen molar-refractivity contribution in [2.24, 2.45) is 5.41 Å². The average molecular weight is 605 g/mol. The number of pyridine rings is 1. The molecule has 0 bridgehead atoms. The van der Waals surface area contributed by atoms with E-state index in [0.717, 1.165) is 21.1 Å². The molecule has 0 N–H and O–H groups in total. The molecule has 0 atom stereocenters. The lowest BCUT2D eigenvalue weighted by atomic mass is 9.85. The number of rotatable bonds is 9. The molecular formula is C32H29ClN2O6S. The maximum absolute atomic E-state index is 14.0. The number of aromatic nitrogens is 2. The summed E-state index contributed by atoms with van der Waals surface area (Å²) in [5.41, 5.74) is 1.34. The number of benzene rings is 3. The molecule has 0 aliphatic rings. The smallest absolute Gasteiger partial charge is 0.311 e. The molecule has 0 aliphatic carbocycles. The lowest BCUT2D eigenvalue weighted by molar-refractivity contribution is -0.150. The summed E-state index contributed by atoms with van der Waals surface area (Å²) in [6.07, 6.45) is 0.984. The summed E-state index contributed by atoms with van der Waals surface area (Å²) < 4.78 is 38.7. The number of halogens is 1. The molecular weight excluding hydrogens is 576 g/mol. The number of hydrogen-bond acceptors (Lipinski definition) is 7.